The average Bonchev–Trinajstić information content (AvgIpc) is 3.01. The minimum Gasteiger partial charge on any atom is -0.353 e. The first-order valence-corrected chi connectivity index (χ1v) is 7.07. The molecule has 2 aromatic rings. The monoisotopic (exact) mass is 277 g/mol. The summed E-state index contributed by atoms with van der Waals surface area (Å²) in [5.74, 6) is -0.00365. The molecule has 1 N–H and O–H groups in total. The Balaban J connectivity index is 2.03. The van der Waals surface area contributed by atoms with Crippen LogP contribution in [0.1, 0.15) is 21.4 Å². The number of hydrogen-bond acceptors (Lipinski definition) is 3. The van der Waals surface area contributed by atoms with E-state index in [1.165, 1.54) is 17.0 Å². The van der Waals surface area contributed by atoms with Crippen LogP contribution >= 0.6 is 11.3 Å². The van der Waals surface area contributed by atoms with Crippen molar-refractivity contribution in [3.8, 4) is 0 Å². The van der Waals surface area contributed by atoms with Gasteiger partial charge in [0.25, 0.3) is 5.91 Å². The smallest absolute Gasteiger partial charge is 0.261 e. The number of thiophene rings is 1. The fourth-order valence-corrected chi connectivity index (χ4v) is 2.70. The minimum absolute atomic E-state index is 0.00365. The van der Waals surface area contributed by atoms with E-state index in [0.717, 1.165) is 4.88 Å². The molecular formula is C14H19N3OS. The predicted molar refractivity (Wildman–Crippen MR) is 78.5 cm³/mol. The van der Waals surface area contributed by atoms with E-state index in [1.54, 1.807) is 0 Å². The Labute approximate surface area is 117 Å². The van der Waals surface area contributed by atoms with Crippen molar-refractivity contribution in [2.24, 2.45) is 7.05 Å². The first-order chi connectivity index (χ1) is 9.09. The van der Waals surface area contributed by atoms with Crippen molar-refractivity contribution in [2.75, 3.05) is 20.6 Å². The third-order valence-corrected chi connectivity index (χ3v) is 4.02. The zero-order chi connectivity index (χ0) is 13.8. The summed E-state index contributed by atoms with van der Waals surface area (Å²) >= 11 is 1.46. The van der Waals surface area contributed by atoms with Crippen LogP contribution in [-0.2, 0) is 7.05 Å². The van der Waals surface area contributed by atoms with Crippen molar-refractivity contribution in [3.63, 3.8) is 0 Å². The fourth-order valence-electron chi connectivity index (χ4n) is 2.06. The standard InChI is InChI=1S/C14H19N3OS/c1-16(2)12(11-6-4-8-17(11)3)10-15-14(18)13-7-5-9-19-13/h4-9,12H,10H2,1-3H3,(H,15,18). The predicted octanol–water partition coefficient (Wildman–Crippen LogP) is 2.12. The summed E-state index contributed by atoms with van der Waals surface area (Å²) in [6.45, 7) is 0.599. The van der Waals surface area contributed by atoms with E-state index in [9.17, 15) is 4.79 Å². The number of aryl methyl sites for hydroxylation is 1. The van der Waals surface area contributed by atoms with Gasteiger partial charge in [-0.1, -0.05) is 6.07 Å². The third-order valence-electron chi connectivity index (χ3n) is 3.15. The van der Waals surface area contributed by atoms with Crippen LogP contribution in [0, 0.1) is 0 Å². The molecule has 0 saturated carbocycles. The second kappa shape index (κ2) is 6.04. The van der Waals surface area contributed by atoms with Crippen molar-refractivity contribution < 1.29 is 4.79 Å². The maximum absolute atomic E-state index is 12.0. The lowest BCUT2D eigenvalue weighted by Gasteiger charge is -2.25. The lowest BCUT2D eigenvalue weighted by Crippen LogP contribution is -2.35. The summed E-state index contributed by atoms with van der Waals surface area (Å²) in [5.41, 5.74) is 1.19. The molecule has 0 spiro atoms. The van der Waals surface area contributed by atoms with Gasteiger partial charge in [0.1, 0.15) is 0 Å². The van der Waals surface area contributed by atoms with Crippen molar-refractivity contribution in [2.45, 2.75) is 6.04 Å². The van der Waals surface area contributed by atoms with E-state index in [0.29, 0.717) is 6.54 Å². The molecule has 1 amide bonds. The molecule has 2 aromatic heterocycles. The van der Waals surface area contributed by atoms with E-state index in [4.69, 9.17) is 0 Å². The van der Waals surface area contributed by atoms with E-state index in [2.05, 4.69) is 20.9 Å². The van der Waals surface area contributed by atoms with E-state index in [1.807, 2.05) is 50.9 Å². The Morgan fingerprint density at radius 2 is 2.21 bits per heavy atom. The summed E-state index contributed by atoms with van der Waals surface area (Å²) < 4.78 is 2.09. The zero-order valence-corrected chi connectivity index (χ0v) is 12.3. The first kappa shape index (κ1) is 13.8. The molecule has 0 aliphatic heterocycles. The fraction of sp³-hybridized carbons (Fsp3) is 0.357. The van der Waals surface area contributed by atoms with Gasteiger partial charge in [-0.15, -0.1) is 11.3 Å². The molecule has 0 aliphatic carbocycles. The van der Waals surface area contributed by atoms with Crippen molar-refractivity contribution in [1.29, 1.82) is 0 Å². The van der Waals surface area contributed by atoms with Crippen LogP contribution < -0.4 is 5.32 Å². The minimum atomic E-state index is -0.00365. The van der Waals surface area contributed by atoms with Gasteiger partial charge in [0.15, 0.2) is 0 Å². The summed E-state index contributed by atoms with van der Waals surface area (Å²) in [7, 11) is 6.07. The van der Waals surface area contributed by atoms with Crippen LogP contribution in [-0.4, -0.2) is 36.0 Å². The second-order valence-electron chi connectivity index (χ2n) is 4.71. The molecule has 0 fully saturated rings. The average molecular weight is 277 g/mol. The van der Waals surface area contributed by atoms with E-state index >= 15 is 0 Å². The van der Waals surface area contributed by atoms with Gasteiger partial charge in [-0.2, -0.15) is 0 Å². The molecule has 102 valence electrons. The summed E-state index contributed by atoms with van der Waals surface area (Å²) in [6, 6.07) is 8.01. The Bertz CT molecular complexity index is 531. The number of nitrogens with zero attached hydrogens (tertiary/aromatic N) is 2. The Morgan fingerprint density at radius 3 is 2.74 bits per heavy atom. The number of aromatic nitrogens is 1. The SMILES string of the molecule is CN(C)C(CNC(=O)c1cccs1)c1cccn1C. The van der Waals surface area contributed by atoms with Gasteiger partial charge >= 0.3 is 0 Å². The Hall–Kier alpha value is -1.59. The normalized spacial score (nSPS) is 12.6. The van der Waals surface area contributed by atoms with Crippen LogP contribution in [0.4, 0.5) is 0 Å². The largest absolute Gasteiger partial charge is 0.353 e. The molecule has 1 unspecified atom stereocenters. The van der Waals surface area contributed by atoms with E-state index < -0.39 is 0 Å². The molecule has 4 nitrogen and oxygen atoms in total. The molecule has 1 atom stereocenters. The van der Waals surface area contributed by atoms with Crippen molar-refractivity contribution >= 4 is 17.2 Å². The quantitative estimate of drug-likeness (QED) is 0.909. The number of carbonyl (C=O) groups is 1. The molecule has 0 saturated heterocycles. The number of carbonyl (C=O) groups excluding carboxylic acids is 1. The van der Waals surface area contributed by atoms with Gasteiger partial charge in [0, 0.05) is 25.5 Å². The van der Waals surface area contributed by atoms with Gasteiger partial charge in [0.2, 0.25) is 0 Å². The summed E-state index contributed by atoms with van der Waals surface area (Å²) in [4.78, 5) is 14.8. The Morgan fingerprint density at radius 1 is 1.42 bits per heavy atom. The maximum atomic E-state index is 12.0. The van der Waals surface area contributed by atoms with E-state index in [-0.39, 0.29) is 11.9 Å². The van der Waals surface area contributed by atoms with Gasteiger partial charge in [-0.25, -0.2) is 0 Å². The number of nitrogens with one attached hydrogen (secondary N) is 1. The summed E-state index contributed by atoms with van der Waals surface area (Å²) in [6.07, 6.45) is 2.02. The van der Waals surface area contributed by atoms with Gasteiger partial charge in [0.05, 0.1) is 10.9 Å². The van der Waals surface area contributed by atoms with Gasteiger partial charge in [-0.05, 0) is 37.7 Å². The molecule has 0 radical (unpaired) electrons. The lowest BCUT2D eigenvalue weighted by molar-refractivity contribution is 0.0945. The van der Waals surface area contributed by atoms with Gasteiger partial charge in [-0.3, -0.25) is 9.69 Å². The van der Waals surface area contributed by atoms with Crippen LogP contribution in [0.25, 0.3) is 0 Å². The number of rotatable bonds is 5. The highest BCUT2D eigenvalue weighted by molar-refractivity contribution is 7.12. The summed E-state index contributed by atoms with van der Waals surface area (Å²) in [5, 5.41) is 4.91. The molecule has 0 aromatic carbocycles. The molecule has 5 heteroatoms. The van der Waals surface area contributed by atoms with Crippen LogP contribution in [0.3, 0.4) is 0 Å². The molecule has 2 heterocycles. The number of likely N-dealkylation sites (N-methyl/N-ethyl adjacent to an activating group) is 1. The van der Waals surface area contributed by atoms with Crippen molar-refractivity contribution in [1.82, 2.24) is 14.8 Å². The number of hydrogen-bond donors (Lipinski definition) is 1. The Kier molecular flexibility index (Phi) is 4.39. The number of amides is 1. The lowest BCUT2D eigenvalue weighted by atomic mass is 10.2. The highest BCUT2D eigenvalue weighted by Crippen LogP contribution is 2.17. The van der Waals surface area contributed by atoms with Crippen LogP contribution in [0.15, 0.2) is 35.8 Å². The molecular weight excluding hydrogens is 258 g/mol. The highest BCUT2D eigenvalue weighted by atomic mass is 32.1. The molecule has 2 rings (SSSR count). The van der Waals surface area contributed by atoms with Crippen molar-refractivity contribution in [3.05, 3.63) is 46.4 Å². The maximum Gasteiger partial charge on any atom is 0.261 e. The van der Waals surface area contributed by atoms with Gasteiger partial charge < -0.3 is 9.88 Å². The molecule has 0 aliphatic rings. The first-order valence-electron chi connectivity index (χ1n) is 6.19. The molecule has 0 bridgehead atoms. The zero-order valence-electron chi connectivity index (χ0n) is 11.5. The second-order valence-corrected chi connectivity index (χ2v) is 5.66. The third kappa shape index (κ3) is 3.24. The highest BCUT2D eigenvalue weighted by Gasteiger charge is 2.18. The topological polar surface area (TPSA) is 37.3 Å². The molecule has 19 heavy (non-hydrogen) atoms. The van der Waals surface area contributed by atoms with Crippen LogP contribution in [0.5, 0.6) is 0 Å². The van der Waals surface area contributed by atoms with Crippen LogP contribution in [0.2, 0.25) is 0 Å².